The van der Waals surface area contributed by atoms with E-state index in [2.05, 4.69) is 34.7 Å². The van der Waals surface area contributed by atoms with Gasteiger partial charge in [-0.3, -0.25) is 14.4 Å². The maximum atomic E-state index is 14.0. The number of aryl methyl sites for hydroxylation is 4. The van der Waals surface area contributed by atoms with Crippen molar-refractivity contribution in [1.82, 2.24) is 20.5 Å². The standard InChI is InChI=1S/C62H84N4O14S/c1-41-34-42(2)53(43(3)35-41)54-57(79-38-46-12-10-9-11-13-46)62(80-60(54)71)20-18-50(19-21-62)78-33-32-76-29-28-74-25-24-72-22-23-73-26-27-75-30-31-77-39-52(68)65-56(61(6,7)8)59(70)66-37-49(67)36-51(66)58(69)64-44(4)47-14-16-48(17-15-47)55-45(5)63-40-81-55/h9-17,34-35,40,44,49-51,56,67H,18-33,36-39H2,1-8H3,(H,64,69)(H,65,68)/t44-,49+,50?,51-,56+,62?/m0/s1. The molecule has 18 nitrogen and oxygen atoms in total. The third-order valence-electron chi connectivity index (χ3n) is 14.8. The van der Waals surface area contributed by atoms with Crippen molar-refractivity contribution in [2.45, 2.75) is 130 Å². The van der Waals surface area contributed by atoms with E-state index in [1.807, 2.05) is 109 Å². The van der Waals surface area contributed by atoms with Crippen molar-refractivity contribution < 1.29 is 66.9 Å². The lowest BCUT2D eigenvalue weighted by atomic mass is 9.80. The number of aliphatic hydroxyl groups excluding tert-OH is 1. The summed E-state index contributed by atoms with van der Waals surface area (Å²) in [4.78, 5) is 61.2. The average Bonchev–Trinajstić information content (AvgIpc) is 4.28. The fraction of sp³-hybridized carbons (Fsp3) is 0.565. The van der Waals surface area contributed by atoms with Crippen LogP contribution >= 0.6 is 11.3 Å². The summed E-state index contributed by atoms with van der Waals surface area (Å²) in [5, 5.41) is 16.4. The van der Waals surface area contributed by atoms with Crippen molar-refractivity contribution in [2.75, 3.05) is 92.4 Å². The van der Waals surface area contributed by atoms with E-state index in [-0.39, 0.29) is 56.8 Å². The molecule has 1 aromatic heterocycles. The second-order valence-corrected chi connectivity index (χ2v) is 23.1. The summed E-state index contributed by atoms with van der Waals surface area (Å²) in [7, 11) is 0. The van der Waals surface area contributed by atoms with Crippen LogP contribution < -0.4 is 10.6 Å². The lowest BCUT2D eigenvalue weighted by Gasteiger charge is -2.37. The zero-order valence-electron chi connectivity index (χ0n) is 48.5. The Labute approximate surface area is 481 Å². The Balaban J connectivity index is 0.682. The quantitative estimate of drug-likeness (QED) is 0.0326. The number of esters is 1. The van der Waals surface area contributed by atoms with Crippen LogP contribution in [0.4, 0.5) is 0 Å². The van der Waals surface area contributed by atoms with Gasteiger partial charge in [0.2, 0.25) is 17.7 Å². The first-order chi connectivity index (χ1) is 38.9. The molecule has 2 fully saturated rings. The molecule has 4 aromatic rings. The molecule has 4 atom stereocenters. The van der Waals surface area contributed by atoms with Crippen LogP contribution in [-0.2, 0) is 68.4 Å². The van der Waals surface area contributed by atoms with Gasteiger partial charge in [-0.05, 0) is 99.1 Å². The Morgan fingerprint density at radius 3 is 1.91 bits per heavy atom. The highest BCUT2D eigenvalue weighted by Crippen LogP contribution is 2.49. The van der Waals surface area contributed by atoms with E-state index >= 15 is 0 Å². The lowest BCUT2D eigenvalue weighted by molar-refractivity contribution is -0.154. The smallest absolute Gasteiger partial charge is 0.343 e. The Morgan fingerprint density at radius 2 is 1.36 bits per heavy atom. The number of likely N-dealkylation sites (tertiary alicyclic amines) is 1. The Hall–Kier alpha value is -5.61. The maximum absolute atomic E-state index is 14.0. The molecule has 2 aliphatic heterocycles. The second kappa shape index (κ2) is 30.6. The topological polar surface area (TPSA) is 212 Å². The molecule has 1 aliphatic carbocycles. The summed E-state index contributed by atoms with van der Waals surface area (Å²) >= 11 is 1.57. The van der Waals surface area contributed by atoms with Crippen molar-refractivity contribution in [3.05, 3.63) is 117 Å². The van der Waals surface area contributed by atoms with E-state index in [9.17, 15) is 24.3 Å². The van der Waals surface area contributed by atoms with Gasteiger partial charge in [-0.2, -0.15) is 0 Å². The molecule has 1 spiro atoms. The summed E-state index contributed by atoms with van der Waals surface area (Å²) in [6.45, 7) is 20.0. The van der Waals surface area contributed by atoms with Crippen LogP contribution in [0.15, 0.2) is 78.0 Å². The summed E-state index contributed by atoms with van der Waals surface area (Å²) in [5.74, 6) is -1.01. The molecule has 442 valence electrons. The number of rotatable bonds is 31. The number of nitrogens with zero attached hydrogens (tertiary/aromatic N) is 2. The van der Waals surface area contributed by atoms with E-state index in [4.69, 9.17) is 42.6 Å². The predicted octanol–water partition coefficient (Wildman–Crippen LogP) is 7.70. The minimum Gasteiger partial charge on any atom is -0.488 e. The van der Waals surface area contributed by atoms with Gasteiger partial charge in [0.1, 0.15) is 30.9 Å². The van der Waals surface area contributed by atoms with Crippen LogP contribution in [0.1, 0.15) is 105 Å². The average molecular weight is 1140 g/mol. The molecule has 1 saturated carbocycles. The number of hydrogen-bond acceptors (Lipinski definition) is 16. The summed E-state index contributed by atoms with van der Waals surface area (Å²) in [6, 6.07) is 19.9. The van der Waals surface area contributed by atoms with Gasteiger partial charge in [0.15, 0.2) is 11.4 Å². The number of carbonyl (C=O) groups excluding carboxylic acids is 4. The molecule has 0 radical (unpaired) electrons. The zero-order valence-corrected chi connectivity index (χ0v) is 49.3. The van der Waals surface area contributed by atoms with Crippen LogP contribution in [0.25, 0.3) is 16.0 Å². The van der Waals surface area contributed by atoms with Gasteiger partial charge in [-0.25, -0.2) is 9.78 Å². The molecule has 3 aromatic carbocycles. The molecule has 19 heteroatoms. The van der Waals surface area contributed by atoms with Crippen molar-refractivity contribution in [3.8, 4) is 10.4 Å². The van der Waals surface area contributed by atoms with Gasteiger partial charge < -0.3 is 63.3 Å². The Bertz CT molecular complexity index is 2680. The summed E-state index contributed by atoms with van der Waals surface area (Å²) < 4.78 is 52.7. The number of amides is 3. The number of aliphatic hydroxyl groups is 1. The molecule has 3 amide bonds. The molecule has 0 unspecified atom stereocenters. The number of carbonyl (C=O) groups is 4. The van der Waals surface area contributed by atoms with Crippen molar-refractivity contribution >= 4 is 40.6 Å². The van der Waals surface area contributed by atoms with Gasteiger partial charge >= 0.3 is 5.97 Å². The first kappa shape index (κ1) is 63.0. The second-order valence-electron chi connectivity index (χ2n) is 22.2. The molecular formula is C62H84N4O14S. The number of hydrogen-bond donors (Lipinski definition) is 3. The van der Waals surface area contributed by atoms with E-state index in [1.54, 1.807) is 11.3 Å². The van der Waals surface area contributed by atoms with Gasteiger partial charge in [-0.15, -0.1) is 11.3 Å². The number of benzene rings is 3. The lowest BCUT2D eigenvalue weighted by Crippen LogP contribution is -2.58. The molecular weight excluding hydrogens is 1060 g/mol. The van der Waals surface area contributed by atoms with Crippen molar-refractivity contribution in [2.24, 2.45) is 5.41 Å². The molecule has 1 saturated heterocycles. The fourth-order valence-corrected chi connectivity index (χ4v) is 11.4. The van der Waals surface area contributed by atoms with Gasteiger partial charge in [0.25, 0.3) is 0 Å². The van der Waals surface area contributed by atoms with E-state index < -0.39 is 41.0 Å². The minimum atomic E-state index is -0.974. The maximum Gasteiger partial charge on any atom is 0.343 e. The number of ether oxygens (including phenoxy) is 9. The highest BCUT2D eigenvalue weighted by molar-refractivity contribution is 7.13. The first-order valence-corrected chi connectivity index (χ1v) is 29.2. The van der Waals surface area contributed by atoms with Crippen LogP contribution in [-0.4, -0.2) is 161 Å². The SMILES string of the molecule is Cc1cc(C)c(C2=C(OCc3ccccc3)C3(CCC(OCCOCCOCCOCCOCCOCCOCC(=O)N[C@H](C(=O)N4C[C@H](O)C[C@H]4C(=O)N[C@@H](C)c4ccc(-c5scnc5C)cc4)C(C)(C)C)CC3)OC2=O)c(C)c1. The van der Waals surface area contributed by atoms with E-state index in [0.29, 0.717) is 96.8 Å². The van der Waals surface area contributed by atoms with Crippen molar-refractivity contribution in [1.29, 1.82) is 0 Å². The van der Waals surface area contributed by atoms with Crippen LogP contribution in [0.2, 0.25) is 0 Å². The normalized spacial score (nSPS) is 19.9. The van der Waals surface area contributed by atoms with Crippen LogP contribution in [0.5, 0.6) is 0 Å². The van der Waals surface area contributed by atoms with E-state index in [1.165, 1.54) is 4.90 Å². The van der Waals surface area contributed by atoms with Crippen molar-refractivity contribution in [3.63, 3.8) is 0 Å². The number of nitrogens with one attached hydrogen (secondary N) is 2. The van der Waals surface area contributed by atoms with Gasteiger partial charge in [-0.1, -0.05) is 93.1 Å². The number of thiazole rings is 1. The van der Waals surface area contributed by atoms with E-state index in [0.717, 1.165) is 62.4 Å². The van der Waals surface area contributed by atoms with Gasteiger partial charge in [0.05, 0.1) is 114 Å². The first-order valence-electron chi connectivity index (χ1n) is 28.3. The molecule has 81 heavy (non-hydrogen) atoms. The number of β-amino-alcohol motifs (C(OH)–C–C–N with tert-alkyl or cyclic N) is 1. The highest BCUT2D eigenvalue weighted by atomic mass is 32.1. The molecule has 0 bridgehead atoms. The number of aromatic nitrogens is 1. The zero-order chi connectivity index (χ0) is 57.9. The fourth-order valence-electron chi connectivity index (χ4n) is 10.6. The van der Waals surface area contributed by atoms with Crippen LogP contribution in [0.3, 0.4) is 0 Å². The summed E-state index contributed by atoms with van der Waals surface area (Å²) in [5.41, 5.74) is 8.84. The Kier molecular flexibility index (Phi) is 23.8. The molecule has 3 heterocycles. The third kappa shape index (κ3) is 17.9. The van der Waals surface area contributed by atoms with Gasteiger partial charge in [0, 0.05) is 13.0 Å². The van der Waals surface area contributed by atoms with Crippen LogP contribution in [0, 0.1) is 33.1 Å². The molecule has 3 N–H and O–H groups in total. The highest BCUT2D eigenvalue weighted by Gasteiger charge is 2.52. The largest absolute Gasteiger partial charge is 0.488 e. The third-order valence-corrected chi connectivity index (χ3v) is 15.7. The Morgan fingerprint density at radius 1 is 0.790 bits per heavy atom. The molecule has 7 rings (SSSR count). The monoisotopic (exact) mass is 1140 g/mol. The summed E-state index contributed by atoms with van der Waals surface area (Å²) in [6.07, 6.45) is 1.91. The minimum absolute atomic E-state index is 0.0234. The molecule has 3 aliphatic rings. The predicted molar refractivity (Wildman–Crippen MR) is 307 cm³/mol.